The van der Waals surface area contributed by atoms with Crippen LogP contribution >= 0.6 is 0 Å². The van der Waals surface area contributed by atoms with Crippen molar-refractivity contribution in [2.24, 2.45) is 0 Å². The molecule has 0 saturated heterocycles. The van der Waals surface area contributed by atoms with Crippen LogP contribution in [0.3, 0.4) is 0 Å². The van der Waals surface area contributed by atoms with Crippen molar-refractivity contribution in [3.8, 4) is 0 Å². The summed E-state index contributed by atoms with van der Waals surface area (Å²) in [7, 11) is 3.11. The first-order chi connectivity index (χ1) is 13.1. The van der Waals surface area contributed by atoms with Crippen LogP contribution in [0.15, 0.2) is 0 Å². The first kappa shape index (κ1) is 23.5. The molecule has 0 aromatic rings. The summed E-state index contributed by atoms with van der Waals surface area (Å²) >= 11 is 0. The first-order valence-corrected chi connectivity index (χ1v) is 9.77. The lowest BCUT2D eigenvalue weighted by Gasteiger charge is -2.20. The van der Waals surface area contributed by atoms with Gasteiger partial charge in [0, 0.05) is 14.2 Å². The molecule has 0 spiro atoms. The fraction of sp³-hybridized carbons (Fsp3) is 0.895. The number of carbonyl (C=O) groups is 2. The van der Waals surface area contributed by atoms with Gasteiger partial charge in [-0.3, -0.25) is 0 Å². The number of hydrogen-bond donors (Lipinski definition) is 0. The van der Waals surface area contributed by atoms with E-state index in [1.807, 2.05) is 6.92 Å². The van der Waals surface area contributed by atoms with Crippen molar-refractivity contribution in [3.63, 3.8) is 0 Å². The Morgan fingerprint density at radius 2 is 1.44 bits per heavy atom. The molecule has 8 nitrogen and oxygen atoms in total. The highest BCUT2D eigenvalue weighted by Crippen LogP contribution is 2.22. The van der Waals surface area contributed by atoms with E-state index in [2.05, 4.69) is 0 Å². The van der Waals surface area contributed by atoms with Crippen molar-refractivity contribution >= 4 is 12.3 Å². The van der Waals surface area contributed by atoms with Crippen molar-refractivity contribution in [3.05, 3.63) is 0 Å². The molecule has 1 aliphatic carbocycles. The average molecular weight is 390 g/mol. The molecule has 1 aliphatic rings. The summed E-state index contributed by atoms with van der Waals surface area (Å²) in [5.41, 5.74) is 0. The zero-order valence-electron chi connectivity index (χ0n) is 16.8. The highest BCUT2D eigenvalue weighted by Gasteiger charge is 2.22. The van der Waals surface area contributed by atoms with Gasteiger partial charge in [-0.05, 0) is 51.4 Å². The molecule has 1 fully saturated rings. The molecule has 0 aromatic heterocycles. The maximum absolute atomic E-state index is 12.0. The van der Waals surface area contributed by atoms with Crippen molar-refractivity contribution in [1.82, 2.24) is 0 Å². The monoisotopic (exact) mass is 390 g/mol. The van der Waals surface area contributed by atoms with Crippen LogP contribution in [0.5, 0.6) is 0 Å². The number of methoxy groups -OCH3 is 2. The smallest absolute Gasteiger partial charge is 0.432 e. The molecule has 0 amide bonds. The van der Waals surface area contributed by atoms with Gasteiger partial charge in [0.2, 0.25) is 0 Å². The molecule has 0 N–H and O–H groups in total. The molecule has 8 heteroatoms. The minimum absolute atomic E-state index is 0.170. The van der Waals surface area contributed by atoms with Crippen LogP contribution in [-0.2, 0) is 28.4 Å². The van der Waals surface area contributed by atoms with Crippen LogP contribution < -0.4 is 0 Å². The zero-order chi connectivity index (χ0) is 19.9. The molecule has 3 unspecified atom stereocenters. The van der Waals surface area contributed by atoms with Gasteiger partial charge < -0.3 is 28.4 Å². The maximum Gasteiger partial charge on any atom is 0.508 e. The maximum atomic E-state index is 12.0. The topological polar surface area (TPSA) is 89.5 Å². The average Bonchev–Trinajstić information content (AvgIpc) is 2.74. The van der Waals surface area contributed by atoms with Gasteiger partial charge >= 0.3 is 12.3 Å². The molecule has 0 heterocycles. The minimum atomic E-state index is -0.656. The van der Waals surface area contributed by atoms with Gasteiger partial charge in [-0.25, -0.2) is 9.59 Å². The Balaban J connectivity index is 2.35. The Kier molecular flexibility index (Phi) is 12.6. The van der Waals surface area contributed by atoms with Crippen LogP contribution in [0.4, 0.5) is 9.59 Å². The summed E-state index contributed by atoms with van der Waals surface area (Å²) in [5.74, 6) is 0. The van der Waals surface area contributed by atoms with Gasteiger partial charge in [-0.2, -0.15) is 0 Å². The summed E-state index contributed by atoms with van der Waals surface area (Å²) in [6.45, 7) is 2.81. The first-order valence-electron chi connectivity index (χ1n) is 9.77. The molecule has 158 valence electrons. The molecule has 3 atom stereocenters. The summed E-state index contributed by atoms with van der Waals surface area (Å²) < 4.78 is 30.9. The van der Waals surface area contributed by atoms with E-state index in [-0.39, 0.29) is 24.9 Å². The van der Waals surface area contributed by atoms with E-state index in [9.17, 15) is 9.59 Å². The molecule has 0 aromatic carbocycles. The van der Waals surface area contributed by atoms with E-state index >= 15 is 0 Å². The standard InChI is InChI=1S/C19H34O8/c1-4-15(14-23-3)25-19(21)27-17-9-6-5-8-16(10-7-11-17)26-18(20)24-13-12-22-2/h15-17H,4-14H2,1-3H3. The van der Waals surface area contributed by atoms with Crippen LogP contribution in [0.25, 0.3) is 0 Å². The Morgan fingerprint density at radius 1 is 0.852 bits per heavy atom. The summed E-state index contributed by atoms with van der Waals surface area (Å²) in [6, 6.07) is 0. The molecule has 1 rings (SSSR count). The molecular weight excluding hydrogens is 356 g/mol. The third-order valence-corrected chi connectivity index (χ3v) is 4.46. The fourth-order valence-electron chi connectivity index (χ4n) is 2.94. The Labute approximate surface area is 161 Å². The van der Waals surface area contributed by atoms with Gasteiger partial charge in [-0.15, -0.1) is 0 Å². The van der Waals surface area contributed by atoms with E-state index in [1.54, 1.807) is 14.2 Å². The third kappa shape index (κ3) is 11.0. The second-order valence-corrected chi connectivity index (χ2v) is 6.64. The highest BCUT2D eigenvalue weighted by molar-refractivity contribution is 5.60. The predicted molar refractivity (Wildman–Crippen MR) is 97.7 cm³/mol. The molecule has 0 bridgehead atoms. The van der Waals surface area contributed by atoms with Gasteiger partial charge in [0.1, 0.15) is 24.9 Å². The summed E-state index contributed by atoms with van der Waals surface area (Å²) in [5, 5.41) is 0. The second-order valence-electron chi connectivity index (χ2n) is 6.64. The lowest BCUT2D eigenvalue weighted by atomic mass is 10.1. The van der Waals surface area contributed by atoms with Crippen LogP contribution in [0, 0.1) is 0 Å². The van der Waals surface area contributed by atoms with Crippen molar-refractivity contribution < 1.29 is 38.0 Å². The van der Waals surface area contributed by atoms with Gasteiger partial charge in [-0.1, -0.05) is 6.92 Å². The zero-order valence-corrected chi connectivity index (χ0v) is 16.8. The lowest BCUT2D eigenvalue weighted by Crippen LogP contribution is -2.26. The predicted octanol–water partition coefficient (Wildman–Crippen LogP) is 3.85. The molecule has 27 heavy (non-hydrogen) atoms. The van der Waals surface area contributed by atoms with Gasteiger partial charge in [0.25, 0.3) is 0 Å². The summed E-state index contributed by atoms with van der Waals surface area (Å²) in [6.07, 6.45) is 4.32. The normalized spacial score (nSPS) is 21.9. The minimum Gasteiger partial charge on any atom is -0.432 e. The van der Waals surface area contributed by atoms with E-state index in [0.29, 0.717) is 19.6 Å². The van der Waals surface area contributed by atoms with Crippen molar-refractivity contribution in [2.75, 3.05) is 34.0 Å². The Bertz CT molecular complexity index is 415. The quantitative estimate of drug-likeness (QED) is 0.433. The van der Waals surface area contributed by atoms with Crippen LogP contribution in [-0.4, -0.2) is 64.7 Å². The highest BCUT2D eigenvalue weighted by atomic mass is 16.7. The largest absolute Gasteiger partial charge is 0.508 e. The summed E-state index contributed by atoms with van der Waals surface area (Å²) in [4.78, 5) is 23.6. The van der Waals surface area contributed by atoms with Crippen molar-refractivity contribution in [2.45, 2.75) is 76.6 Å². The van der Waals surface area contributed by atoms with Gasteiger partial charge in [0.15, 0.2) is 0 Å². The second kappa shape index (κ2) is 14.5. The molecule has 0 aliphatic heterocycles. The molecular formula is C19H34O8. The van der Waals surface area contributed by atoms with Crippen LogP contribution in [0.2, 0.25) is 0 Å². The molecule has 1 saturated carbocycles. The Morgan fingerprint density at radius 3 is 2.00 bits per heavy atom. The number of carbonyl (C=O) groups excluding carboxylic acids is 2. The number of ether oxygens (including phenoxy) is 6. The van der Waals surface area contributed by atoms with E-state index in [0.717, 1.165) is 44.9 Å². The number of rotatable bonds is 9. The Hall–Kier alpha value is -1.54. The number of hydrogen-bond acceptors (Lipinski definition) is 8. The van der Waals surface area contributed by atoms with E-state index in [4.69, 9.17) is 28.4 Å². The third-order valence-electron chi connectivity index (χ3n) is 4.46. The van der Waals surface area contributed by atoms with Crippen molar-refractivity contribution in [1.29, 1.82) is 0 Å². The van der Waals surface area contributed by atoms with Gasteiger partial charge in [0.05, 0.1) is 13.2 Å². The fourth-order valence-corrected chi connectivity index (χ4v) is 2.94. The van der Waals surface area contributed by atoms with E-state index in [1.165, 1.54) is 0 Å². The molecule has 0 radical (unpaired) electrons. The SMILES string of the molecule is CCC(COC)OC(=O)OC1CCCCC(OC(=O)OCCOC)CCC1. The lowest BCUT2D eigenvalue weighted by molar-refractivity contribution is -0.0279. The van der Waals surface area contributed by atoms with Crippen LogP contribution in [0.1, 0.15) is 58.3 Å². The van der Waals surface area contributed by atoms with E-state index < -0.39 is 12.3 Å².